The van der Waals surface area contributed by atoms with E-state index in [4.69, 9.17) is 0 Å². The molecule has 0 N–H and O–H groups in total. The molecule has 1 rings (SSSR count). The SMILES string of the molecule is C=CN1CCN(CCC)C1=O. The quantitative estimate of drug-likeness (QED) is 0.600. The molecular formula is C8H14N2O. The Morgan fingerprint density at radius 1 is 1.64 bits per heavy atom. The Kier molecular flexibility index (Phi) is 2.52. The van der Waals surface area contributed by atoms with Gasteiger partial charge in [0.25, 0.3) is 0 Å². The number of nitrogens with zero attached hydrogens (tertiary/aromatic N) is 2. The standard InChI is InChI=1S/C8H14N2O/c1-3-5-10-7-6-9(4-2)8(10)11/h4H,2-3,5-7H2,1H3. The first-order valence-electron chi connectivity index (χ1n) is 3.97. The highest BCUT2D eigenvalue weighted by Crippen LogP contribution is 2.08. The van der Waals surface area contributed by atoms with E-state index >= 15 is 0 Å². The summed E-state index contributed by atoms with van der Waals surface area (Å²) in [4.78, 5) is 14.8. The largest absolute Gasteiger partial charge is 0.324 e. The van der Waals surface area contributed by atoms with E-state index in [1.54, 1.807) is 11.1 Å². The van der Waals surface area contributed by atoms with Crippen LogP contribution in [0.1, 0.15) is 13.3 Å². The number of carbonyl (C=O) groups excluding carboxylic acids is 1. The minimum atomic E-state index is 0.0989. The number of hydrogen-bond acceptors (Lipinski definition) is 1. The second-order valence-corrected chi connectivity index (χ2v) is 2.65. The van der Waals surface area contributed by atoms with Crippen molar-refractivity contribution in [2.45, 2.75) is 13.3 Å². The number of rotatable bonds is 3. The van der Waals surface area contributed by atoms with E-state index in [-0.39, 0.29) is 6.03 Å². The van der Waals surface area contributed by atoms with Crippen LogP contribution in [0, 0.1) is 0 Å². The summed E-state index contributed by atoms with van der Waals surface area (Å²) in [6.07, 6.45) is 2.62. The van der Waals surface area contributed by atoms with E-state index < -0.39 is 0 Å². The molecule has 11 heavy (non-hydrogen) atoms. The zero-order valence-electron chi connectivity index (χ0n) is 6.92. The van der Waals surface area contributed by atoms with Crippen molar-refractivity contribution in [3.8, 4) is 0 Å². The van der Waals surface area contributed by atoms with E-state index in [0.717, 1.165) is 26.1 Å². The predicted molar refractivity (Wildman–Crippen MR) is 44.2 cm³/mol. The van der Waals surface area contributed by atoms with Crippen LogP contribution in [0.3, 0.4) is 0 Å². The molecule has 1 heterocycles. The second-order valence-electron chi connectivity index (χ2n) is 2.65. The van der Waals surface area contributed by atoms with Crippen LogP contribution in [-0.2, 0) is 0 Å². The predicted octanol–water partition coefficient (Wildman–Crippen LogP) is 1.28. The Morgan fingerprint density at radius 3 is 2.82 bits per heavy atom. The van der Waals surface area contributed by atoms with E-state index in [1.807, 2.05) is 4.90 Å². The van der Waals surface area contributed by atoms with Gasteiger partial charge >= 0.3 is 6.03 Å². The Hall–Kier alpha value is -0.990. The summed E-state index contributed by atoms with van der Waals surface area (Å²) in [7, 11) is 0. The average Bonchev–Trinajstić information content (AvgIpc) is 2.34. The van der Waals surface area contributed by atoms with E-state index in [9.17, 15) is 4.79 Å². The van der Waals surface area contributed by atoms with Gasteiger partial charge in [-0.25, -0.2) is 4.79 Å². The van der Waals surface area contributed by atoms with Crippen LogP contribution >= 0.6 is 0 Å². The first kappa shape index (κ1) is 8.11. The van der Waals surface area contributed by atoms with Crippen molar-refractivity contribution in [3.05, 3.63) is 12.8 Å². The van der Waals surface area contributed by atoms with Gasteiger partial charge in [0, 0.05) is 25.8 Å². The fourth-order valence-electron chi connectivity index (χ4n) is 1.25. The Bertz CT molecular complexity index is 167. The fourth-order valence-corrected chi connectivity index (χ4v) is 1.25. The van der Waals surface area contributed by atoms with Crippen LogP contribution in [-0.4, -0.2) is 35.5 Å². The lowest BCUT2D eigenvalue weighted by Gasteiger charge is -2.14. The highest BCUT2D eigenvalue weighted by molar-refractivity contribution is 5.77. The van der Waals surface area contributed by atoms with Crippen LogP contribution in [0.15, 0.2) is 12.8 Å². The lowest BCUT2D eigenvalue weighted by Crippen LogP contribution is -2.29. The molecule has 0 spiro atoms. The van der Waals surface area contributed by atoms with Crippen LogP contribution in [0.5, 0.6) is 0 Å². The number of hydrogen-bond donors (Lipinski definition) is 0. The first-order valence-corrected chi connectivity index (χ1v) is 3.97. The molecule has 1 aliphatic rings. The summed E-state index contributed by atoms with van der Waals surface area (Å²) in [6.45, 7) is 8.14. The molecule has 0 radical (unpaired) electrons. The molecule has 0 atom stereocenters. The molecule has 3 nitrogen and oxygen atoms in total. The third kappa shape index (κ3) is 1.53. The maximum atomic E-state index is 11.3. The van der Waals surface area contributed by atoms with Gasteiger partial charge in [-0.15, -0.1) is 0 Å². The monoisotopic (exact) mass is 154 g/mol. The molecule has 0 aromatic rings. The minimum absolute atomic E-state index is 0.0989. The molecule has 0 saturated carbocycles. The second kappa shape index (κ2) is 3.42. The van der Waals surface area contributed by atoms with Gasteiger partial charge in [0.05, 0.1) is 0 Å². The Morgan fingerprint density at radius 2 is 2.36 bits per heavy atom. The Labute approximate surface area is 67.3 Å². The molecule has 1 fully saturated rings. The normalized spacial score (nSPS) is 17.7. The summed E-state index contributed by atoms with van der Waals surface area (Å²) >= 11 is 0. The fraction of sp³-hybridized carbons (Fsp3) is 0.625. The number of carbonyl (C=O) groups is 1. The zero-order valence-corrected chi connectivity index (χ0v) is 6.92. The number of urea groups is 1. The van der Waals surface area contributed by atoms with Gasteiger partial charge in [-0.1, -0.05) is 13.5 Å². The van der Waals surface area contributed by atoms with Crippen molar-refractivity contribution in [3.63, 3.8) is 0 Å². The highest BCUT2D eigenvalue weighted by atomic mass is 16.2. The minimum Gasteiger partial charge on any atom is -0.323 e. The maximum Gasteiger partial charge on any atom is 0.324 e. The zero-order chi connectivity index (χ0) is 8.27. The molecule has 0 aromatic heterocycles. The average molecular weight is 154 g/mol. The Balaban J connectivity index is 2.48. The molecule has 62 valence electrons. The van der Waals surface area contributed by atoms with Gasteiger partial charge in [0.1, 0.15) is 0 Å². The van der Waals surface area contributed by atoms with Gasteiger partial charge in [-0.3, -0.25) is 4.90 Å². The van der Waals surface area contributed by atoms with Crippen molar-refractivity contribution in [2.75, 3.05) is 19.6 Å². The summed E-state index contributed by atoms with van der Waals surface area (Å²) in [5, 5.41) is 0. The summed E-state index contributed by atoms with van der Waals surface area (Å²) < 4.78 is 0. The van der Waals surface area contributed by atoms with Crippen LogP contribution < -0.4 is 0 Å². The molecule has 0 unspecified atom stereocenters. The molecule has 2 amide bonds. The van der Waals surface area contributed by atoms with Gasteiger partial charge in [-0.05, 0) is 6.42 Å². The van der Waals surface area contributed by atoms with E-state index in [1.165, 1.54) is 0 Å². The van der Waals surface area contributed by atoms with Crippen molar-refractivity contribution in [1.29, 1.82) is 0 Å². The summed E-state index contributed by atoms with van der Waals surface area (Å²) in [5.41, 5.74) is 0. The third-order valence-corrected chi connectivity index (χ3v) is 1.84. The molecule has 0 aliphatic carbocycles. The molecule has 0 aromatic carbocycles. The van der Waals surface area contributed by atoms with Crippen LogP contribution in [0.25, 0.3) is 0 Å². The molecule has 3 heteroatoms. The highest BCUT2D eigenvalue weighted by Gasteiger charge is 2.24. The first-order chi connectivity index (χ1) is 5.29. The van der Waals surface area contributed by atoms with Crippen LogP contribution in [0.2, 0.25) is 0 Å². The topological polar surface area (TPSA) is 23.6 Å². The molecule has 0 bridgehead atoms. The van der Waals surface area contributed by atoms with Crippen molar-refractivity contribution in [1.82, 2.24) is 9.80 Å². The van der Waals surface area contributed by atoms with Gasteiger partial charge < -0.3 is 4.90 Å². The van der Waals surface area contributed by atoms with Crippen molar-refractivity contribution >= 4 is 6.03 Å². The maximum absolute atomic E-state index is 11.3. The summed E-state index contributed by atoms with van der Waals surface area (Å²) in [6, 6.07) is 0.0989. The smallest absolute Gasteiger partial charge is 0.323 e. The van der Waals surface area contributed by atoms with Gasteiger partial charge in [-0.2, -0.15) is 0 Å². The number of amides is 2. The van der Waals surface area contributed by atoms with Crippen molar-refractivity contribution < 1.29 is 4.79 Å². The van der Waals surface area contributed by atoms with E-state index in [2.05, 4.69) is 13.5 Å². The third-order valence-electron chi connectivity index (χ3n) is 1.84. The van der Waals surface area contributed by atoms with Gasteiger partial charge in [0.2, 0.25) is 0 Å². The van der Waals surface area contributed by atoms with Gasteiger partial charge in [0.15, 0.2) is 0 Å². The molecular weight excluding hydrogens is 140 g/mol. The summed E-state index contributed by atoms with van der Waals surface area (Å²) in [5.74, 6) is 0. The lowest BCUT2D eigenvalue weighted by molar-refractivity contribution is 0.202. The van der Waals surface area contributed by atoms with E-state index in [0.29, 0.717) is 0 Å². The van der Waals surface area contributed by atoms with Crippen LogP contribution in [0.4, 0.5) is 4.79 Å². The van der Waals surface area contributed by atoms with Crippen molar-refractivity contribution in [2.24, 2.45) is 0 Å². The molecule has 1 saturated heterocycles. The lowest BCUT2D eigenvalue weighted by atomic mass is 10.4. The molecule has 1 aliphatic heterocycles.